The number of rotatable bonds is 4. The van der Waals surface area contributed by atoms with E-state index < -0.39 is 38.3 Å². The van der Waals surface area contributed by atoms with Gasteiger partial charge in [0.05, 0.1) is 12.8 Å². The smallest absolute Gasteiger partial charge is 0.497 e. The molecule has 35 heavy (non-hydrogen) atoms. The van der Waals surface area contributed by atoms with Gasteiger partial charge in [0.25, 0.3) is 5.56 Å². The Morgan fingerprint density at radius 3 is 2.74 bits per heavy atom. The number of hydrogen-bond donors (Lipinski definition) is 4. The molecule has 0 aliphatic carbocycles. The van der Waals surface area contributed by atoms with Crippen molar-refractivity contribution in [3.8, 4) is 17.0 Å². The van der Waals surface area contributed by atoms with Gasteiger partial charge in [-0.15, -0.1) is 4.52 Å². The Labute approximate surface area is 201 Å². The van der Waals surface area contributed by atoms with Crippen LogP contribution in [-0.4, -0.2) is 77.1 Å². The quantitative estimate of drug-likeness (QED) is 0.224. The van der Waals surface area contributed by atoms with Crippen molar-refractivity contribution in [1.29, 1.82) is 0 Å². The number of aromatic amines is 1. The number of H-pyrrole nitrogens is 1. The summed E-state index contributed by atoms with van der Waals surface area (Å²) in [5, 5.41) is 11.3. The molecule has 2 saturated heterocycles. The molecular weight excluding hydrogens is 501 g/mol. The second kappa shape index (κ2) is 8.25. The van der Waals surface area contributed by atoms with E-state index in [9.17, 15) is 19.7 Å². The van der Waals surface area contributed by atoms with Gasteiger partial charge in [0.1, 0.15) is 24.6 Å². The zero-order valence-electron chi connectivity index (χ0n) is 18.4. The normalized spacial score (nSPS) is 25.9. The molecule has 184 valence electrons. The van der Waals surface area contributed by atoms with Gasteiger partial charge in [0.2, 0.25) is 5.78 Å². The fourth-order valence-corrected chi connectivity index (χ4v) is 5.91. The number of nitrogens with one attached hydrogen (secondary N) is 1. The predicted molar refractivity (Wildman–Crippen MR) is 125 cm³/mol. The van der Waals surface area contributed by atoms with Crippen molar-refractivity contribution in [3.05, 3.63) is 40.8 Å². The number of methoxy groups -OCH3 is 1. The molecule has 0 radical (unpaired) electrons. The second-order valence-corrected chi connectivity index (χ2v) is 10.3. The monoisotopic (exact) mass is 522 g/mol. The number of imidazole rings is 2. The number of thioether (sulfide) groups is 1. The standard InChI is InChI=1S/C20H20N5O8PS/c1-30-10-5-3-9(4-6-10)11-7-24-17(27)13-16(23-19(24)21-11)25(20(22-13)35-2)18-14(26)15-12(32-18)8-31-34(28,29)33-15/h3-7,12,14-15,18,26,28-29H,8H2,1-2H3/p+1/t12?,14?,15-,18-/m1/s1. The van der Waals surface area contributed by atoms with Crippen LogP contribution in [-0.2, 0) is 13.8 Å². The van der Waals surface area contributed by atoms with E-state index in [1.165, 1.54) is 20.7 Å². The summed E-state index contributed by atoms with van der Waals surface area (Å²) in [6.45, 7) is -0.164. The van der Waals surface area contributed by atoms with Crippen LogP contribution in [0, 0.1) is 0 Å². The van der Waals surface area contributed by atoms with E-state index in [4.69, 9.17) is 18.5 Å². The minimum absolute atomic E-state index is 0.0983. The van der Waals surface area contributed by atoms with Gasteiger partial charge < -0.3 is 19.6 Å². The lowest BCUT2D eigenvalue weighted by molar-refractivity contribution is -0.0763. The number of aliphatic hydroxyl groups is 1. The Kier molecular flexibility index (Phi) is 5.39. The molecule has 2 fully saturated rings. The van der Waals surface area contributed by atoms with Crippen molar-refractivity contribution in [1.82, 2.24) is 23.9 Å². The average molecular weight is 522 g/mol. The maximum absolute atomic E-state index is 13.3. The first-order valence-corrected chi connectivity index (χ1v) is 13.3. The fraction of sp³-hybridized carbons (Fsp3) is 0.350. The third-order valence-electron chi connectivity index (χ3n) is 6.03. The molecule has 4 aromatic rings. The van der Waals surface area contributed by atoms with Crippen LogP contribution in [0.5, 0.6) is 5.75 Å². The molecule has 15 heteroatoms. The van der Waals surface area contributed by atoms with E-state index >= 15 is 0 Å². The third-order valence-corrected chi connectivity index (χ3v) is 7.69. The van der Waals surface area contributed by atoms with Gasteiger partial charge in [-0.3, -0.25) is 9.36 Å². The van der Waals surface area contributed by atoms with Crippen LogP contribution < -0.4 is 10.3 Å². The molecule has 0 saturated carbocycles. The molecule has 5 heterocycles. The highest BCUT2D eigenvalue weighted by molar-refractivity contribution is 7.98. The van der Waals surface area contributed by atoms with E-state index in [1.54, 1.807) is 19.6 Å². The molecule has 0 bridgehead atoms. The third kappa shape index (κ3) is 3.65. The highest BCUT2D eigenvalue weighted by Gasteiger charge is 2.60. The van der Waals surface area contributed by atoms with Gasteiger partial charge in [-0.1, -0.05) is 11.8 Å². The molecule has 2 unspecified atom stereocenters. The summed E-state index contributed by atoms with van der Waals surface area (Å²) in [5.41, 5.74) is 1.41. The number of ether oxygens (including phenoxy) is 2. The van der Waals surface area contributed by atoms with Crippen molar-refractivity contribution < 1.29 is 33.4 Å². The van der Waals surface area contributed by atoms with E-state index in [0.717, 1.165) is 5.56 Å². The van der Waals surface area contributed by atoms with Crippen molar-refractivity contribution in [2.45, 2.75) is 29.7 Å². The van der Waals surface area contributed by atoms with Gasteiger partial charge in [0.15, 0.2) is 28.7 Å². The molecule has 4 N–H and O–H groups in total. The van der Waals surface area contributed by atoms with Crippen LogP contribution in [0.4, 0.5) is 0 Å². The zero-order valence-corrected chi connectivity index (χ0v) is 20.1. The van der Waals surface area contributed by atoms with E-state index in [0.29, 0.717) is 16.6 Å². The van der Waals surface area contributed by atoms with Crippen LogP contribution in [0.2, 0.25) is 0 Å². The summed E-state index contributed by atoms with van der Waals surface area (Å²) < 4.78 is 24.1. The minimum Gasteiger partial charge on any atom is -0.497 e. The van der Waals surface area contributed by atoms with Gasteiger partial charge in [-0.2, -0.15) is 19.3 Å². The summed E-state index contributed by atoms with van der Waals surface area (Å²) >= 11 is 1.25. The van der Waals surface area contributed by atoms with Crippen LogP contribution in [0.25, 0.3) is 28.2 Å². The van der Waals surface area contributed by atoms with E-state index in [-0.39, 0.29) is 23.5 Å². The number of nitrogens with zero attached hydrogens (tertiary/aromatic N) is 4. The molecule has 4 atom stereocenters. The summed E-state index contributed by atoms with van der Waals surface area (Å²) in [4.78, 5) is 45.1. The van der Waals surface area contributed by atoms with Gasteiger partial charge in [-0.05, 0) is 36.1 Å². The van der Waals surface area contributed by atoms with Crippen molar-refractivity contribution in [3.63, 3.8) is 0 Å². The summed E-state index contributed by atoms with van der Waals surface area (Å²) in [5.74, 6) is 0.989. The Morgan fingerprint density at radius 2 is 2.03 bits per heavy atom. The maximum atomic E-state index is 13.3. The van der Waals surface area contributed by atoms with Crippen LogP contribution in [0.1, 0.15) is 6.23 Å². The van der Waals surface area contributed by atoms with E-state index in [2.05, 4.69) is 15.0 Å². The van der Waals surface area contributed by atoms with Crippen LogP contribution in [0.15, 0.2) is 40.4 Å². The first-order valence-electron chi connectivity index (χ1n) is 10.5. The maximum Gasteiger partial charge on any atom is 0.570 e. The van der Waals surface area contributed by atoms with Gasteiger partial charge >= 0.3 is 8.17 Å². The highest BCUT2D eigenvalue weighted by atomic mass is 32.2. The van der Waals surface area contributed by atoms with Crippen molar-refractivity contribution >= 4 is 36.9 Å². The Balaban J connectivity index is 1.46. The number of aromatic nitrogens is 5. The lowest BCUT2D eigenvalue weighted by Gasteiger charge is -2.24. The second-order valence-electron chi connectivity index (χ2n) is 8.06. The molecule has 1 aromatic carbocycles. The summed E-state index contributed by atoms with van der Waals surface area (Å²) in [6.07, 6.45) is -0.674. The van der Waals surface area contributed by atoms with E-state index in [1.807, 2.05) is 24.3 Å². The van der Waals surface area contributed by atoms with Crippen molar-refractivity contribution in [2.75, 3.05) is 20.0 Å². The Morgan fingerprint density at radius 1 is 1.26 bits per heavy atom. The van der Waals surface area contributed by atoms with Crippen LogP contribution >= 0.6 is 19.9 Å². The zero-order chi connectivity index (χ0) is 24.5. The topological polar surface area (TPSA) is 166 Å². The average Bonchev–Trinajstić information content (AvgIpc) is 3.53. The highest BCUT2D eigenvalue weighted by Crippen LogP contribution is 2.59. The SMILES string of the molecule is COc1ccc(-c2cn3c(=O)c4nc(SC)n([C@@H]5OC6CO[P+](O)(O)O[C@H]6C5O)c4nc3[nH]2)cc1. The van der Waals surface area contributed by atoms with Gasteiger partial charge in [0, 0.05) is 6.20 Å². The first kappa shape index (κ1) is 22.9. The molecule has 0 spiro atoms. The molecule has 0 amide bonds. The largest absolute Gasteiger partial charge is 0.570 e. The molecular formula is C20H21N5O8PS+. The Hall–Kier alpha value is -2.55. The van der Waals surface area contributed by atoms with Crippen LogP contribution in [0.3, 0.4) is 0 Å². The molecule has 3 aromatic heterocycles. The predicted octanol–water partition coefficient (Wildman–Crippen LogP) is 1.11. The molecule has 6 rings (SSSR count). The lowest BCUT2D eigenvalue weighted by atomic mass is 10.1. The number of aliphatic hydroxyl groups excluding tert-OH is 1. The number of fused-ring (bicyclic) bond motifs is 3. The molecule has 2 aliphatic heterocycles. The molecule has 13 nitrogen and oxygen atoms in total. The minimum atomic E-state index is -4.04. The first-order chi connectivity index (χ1) is 16.8. The number of benzene rings is 1. The Bertz CT molecular complexity index is 1480. The summed E-state index contributed by atoms with van der Waals surface area (Å²) in [7, 11) is -2.45. The van der Waals surface area contributed by atoms with Crippen molar-refractivity contribution in [2.24, 2.45) is 0 Å². The summed E-state index contributed by atoms with van der Waals surface area (Å²) in [6, 6.07) is 7.34. The fourth-order valence-electron chi connectivity index (χ4n) is 4.36. The lowest BCUT2D eigenvalue weighted by Crippen LogP contribution is -2.40. The molecule has 2 aliphatic rings. The number of hydrogen-bond acceptors (Lipinski definition) is 11. The van der Waals surface area contributed by atoms with Gasteiger partial charge in [-0.25, -0.2) is 9.38 Å².